The predicted molar refractivity (Wildman–Crippen MR) is 102 cm³/mol. The van der Waals surface area contributed by atoms with Gasteiger partial charge in [-0.1, -0.05) is 0 Å². The van der Waals surface area contributed by atoms with Gasteiger partial charge in [0.1, 0.15) is 5.60 Å². The second kappa shape index (κ2) is 8.12. The molecule has 4 heterocycles. The van der Waals surface area contributed by atoms with Crippen LogP contribution in [-0.4, -0.2) is 62.7 Å². The lowest BCUT2D eigenvalue weighted by atomic mass is 9.86. The number of piperidine rings is 1. The molecule has 144 valence electrons. The van der Waals surface area contributed by atoms with Gasteiger partial charge in [-0.15, -0.1) is 23.7 Å². The Kier molecular flexibility index (Phi) is 6.06. The minimum Gasteiger partial charge on any atom is -0.369 e. The van der Waals surface area contributed by atoms with Crippen LogP contribution in [0.5, 0.6) is 0 Å². The third-order valence-corrected chi connectivity index (χ3v) is 6.58. The molecule has 26 heavy (non-hydrogen) atoms. The molecule has 0 atom stereocenters. The van der Waals surface area contributed by atoms with Crippen LogP contribution < -0.4 is 16.0 Å². The van der Waals surface area contributed by atoms with Gasteiger partial charge in [0.2, 0.25) is 0 Å². The molecule has 0 aliphatic carbocycles. The average molecular weight is 401 g/mol. The summed E-state index contributed by atoms with van der Waals surface area (Å²) >= 11 is 1.57. The van der Waals surface area contributed by atoms with Crippen molar-refractivity contribution in [3.8, 4) is 0 Å². The van der Waals surface area contributed by atoms with Crippen molar-refractivity contribution >= 4 is 35.7 Å². The molecule has 0 radical (unpaired) electrons. The molecule has 3 aliphatic heterocycles. The lowest BCUT2D eigenvalue weighted by Crippen LogP contribution is -2.43. The molecule has 0 unspecified atom stereocenters. The van der Waals surface area contributed by atoms with Crippen molar-refractivity contribution in [2.75, 3.05) is 45.9 Å². The third kappa shape index (κ3) is 3.69. The third-order valence-electron chi connectivity index (χ3n) is 5.22. The van der Waals surface area contributed by atoms with E-state index in [1.165, 1.54) is 10.4 Å². The highest BCUT2D eigenvalue weighted by atomic mass is 35.5. The Bertz CT molecular complexity index is 675. The normalized spacial score (nSPS) is 21.1. The Morgan fingerprint density at radius 2 is 2.15 bits per heavy atom. The molecule has 2 fully saturated rings. The van der Waals surface area contributed by atoms with Crippen molar-refractivity contribution in [2.45, 2.75) is 24.9 Å². The lowest BCUT2D eigenvalue weighted by Gasteiger charge is -2.40. The largest absolute Gasteiger partial charge is 0.369 e. The Balaban J connectivity index is 0.00000196. The van der Waals surface area contributed by atoms with Crippen molar-refractivity contribution in [1.82, 2.24) is 20.9 Å². The Morgan fingerprint density at radius 1 is 1.35 bits per heavy atom. The second-order valence-corrected chi connectivity index (χ2v) is 7.83. The first-order valence-corrected chi connectivity index (χ1v) is 9.78. The predicted octanol–water partition coefficient (Wildman–Crippen LogP) is 1.08. The van der Waals surface area contributed by atoms with Crippen LogP contribution in [0.15, 0.2) is 6.07 Å². The van der Waals surface area contributed by atoms with Crippen molar-refractivity contribution in [3.05, 3.63) is 21.4 Å². The SMILES string of the molecule is Cl.O=C(NCCN1CCNC1=O)c1cc2c(s1)C1(CCNCC1)OCC2. The van der Waals surface area contributed by atoms with Gasteiger partial charge in [-0.2, -0.15) is 0 Å². The number of nitrogens with zero attached hydrogens (tertiary/aromatic N) is 1. The summed E-state index contributed by atoms with van der Waals surface area (Å²) in [6.45, 7) is 5.04. The number of carbonyl (C=O) groups excluding carboxylic acids is 2. The number of hydrogen-bond acceptors (Lipinski definition) is 5. The maximum absolute atomic E-state index is 12.5. The molecule has 3 amide bonds. The summed E-state index contributed by atoms with van der Waals surface area (Å²) in [5, 5.41) is 9.09. The molecule has 0 saturated carbocycles. The molecule has 3 N–H and O–H groups in total. The number of urea groups is 1. The molecular formula is C17H25ClN4O3S. The van der Waals surface area contributed by atoms with Gasteiger partial charge in [-0.3, -0.25) is 4.79 Å². The first-order valence-electron chi connectivity index (χ1n) is 8.97. The number of hydrogen-bond donors (Lipinski definition) is 3. The fourth-order valence-electron chi connectivity index (χ4n) is 3.85. The number of fused-ring (bicyclic) bond motifs is 2. The summed E-state index contributed by atoms with van der Waals surface area (Å²) < 4.78 is 6.17. The maximum atomic E-state index is 12.5. The summed E-state index contributed by atoms with van der Waals surface area (Å²) in [6, 6.07) is 1.98. The summed E-state index contributed by atoms with van der Waals surface area (Å²) in [4.78, 5) is 27.7. The summed E-state index contributed by atoms with van der Waals surface area (Å²) in [7, 11) is 0. The Hall–Kier alpha value is -1.35. The van der Waals surface area contributed by atoms with Gasteiger partial charge in [-0.25, -0.2) is 4.79 Å². The fraction of sp³-hybridized carbons (Fsp3) is 0.647. The van der Waals surface area contributed by atoms with Crippen LogP contribution in [0, 0.1) is 0 Å². The molecular weight excluding hydrogens is 376 g/mol. The van der Waals surface area contributed by atoms with Gasteiger partial charge >= 0.3 is 6.03 Å². The van der Waals surface area contributed by atoms with Crippen molar-refractivity contribution in [3.63, 3.8) is 0 Å². The van der Waals surface area contributed by atoms with E-state index in [0.717, 1.165) is 43.8 Å². The van der Waals surface area contributed by atoms with Crippen molar-refractivity contribution in [1.29, 1.82) is 0 Å². The van der Waals surface area contributed by atoms with Crippen LogP contribution in [-0.2, 0) is 16.8 Å². The molecule has 1 spiro atoms. The first-order chi connectivity index (χ1) is 12.2. The van der Waals surface area contributed by atoms with Crippen LogP contribution in [0.25, 0.3) is 0 Å². The van der Waals surface area contributed by atoms with E-state index in [9.17, 15) is 9.59 Å². The smallest absolute Gasteiger partial charge is 0.317 e. The van der Waals surface area contributed by atoms with E-state index >= 15 is 0 Å². The number of ether oxygens (including phenoxy) is 1. The standard InChI is InChI=1S/C17H24N4O3S.ClH/c22-15(19-6-8-21-9-7-20-16(21)23)13-11-12-1-10-24-17(14(12)25-13)2-4-18-5-3-17;/h11,18H,1-10H2,(H,19,22)(H,20,23);1H. The van der Waals surface area contributed by atoms with Crippen LogP contribution >= 0.6 is 23.7 Å². The zero-order valence-corrected chi connectivity index (χ0v) is 16.3. The van der Waals surface area contributed by atoms with E-state index in [1.54, 1.807) is 16.2 Å². The zero-order valence-electron chi connectivity index (χ0n) is 14.6. The Morgan fingerprint density at radius 3 is 2.88 bits per heavy atom. The van der Waals surface area contributed by atoms with Crippen molar-refractivity contribution in [2.24, 2.45) is 0 Å². The number of carbonyl (C=O) groups is 2. The highest BCUT2D eigenvalue weighted by molar-refractivity contribution is 7.14. The fourth-order valence-corrected chi connectivity index (χ4v) is 5.18. The molecule has 1 aromatic rings. The number of halogens is 1. The minimum absolute atomic E-state index is 0. The number of rotatable bonds is 4. The van der Waals surface area contributed by atoms with Gasteiger partial charge in [-0.05, 0) is 44.0 Å². The maximum Gasteiger partial charge on any atom is 0.317 e. The highest BCUT2D eigenvalue weighted by Gasteiger charge is 2.41. The van der Waals surface area contributed by atoms with E-state index in [-0.39, 0.29) is 29.9 Å². The molecule has 0 bridgehead atoms. The monoisotopic (exact) mass is 400 g/mol. The van der Waals surface area contributed by atoms with Crippen molar-refractivity contribution < 1.29 is 14.3 Å². The highest BCUT2D eigenvalue weighted by Crippen LogP contribution is 2.44. The molecule has 4 rings (SSSR count). The summed E-state index contributed by atoms with van der Waals surface area (Å²) in [5.41, 5.74) is 1.07. The van der Waals surface area contributed by atoms with E-state index in [2.05, 4.69) is 16.0 Å². The zero-order chi connectivity index (χ0) is 17.3. The van der Waals surface area contributed by atoms with E-state index in [4.69, 9.17) is 4.74 Å². The molecule has 1 aromatic heterocycles. The molecule has 0 aromatic carbocycles. The van der Waals surface area contributed by atoms with E-state index < -0.39 is 0 Å². The van der Waals surface area contributed by atoms with Gasteiger partial charge in [0.15, 0.2) is 0 Å². The minimum atomic E-state index is -0.199. The summed E-state index contributed by atoms with van der Waals surface area (Å²) in [5.74, 6) is -0.0527. The first kappa shape index (κ1) is 19.4. The van der Waals surface area contributed by atoms with Gasteiger partial charge in [0, 0.05) is 31.1 Å². The van der Waals surface area contributed by atoms with Gasteiger partial charge < -0.3 is 25.6 Å². The molecule has 3 aliphatic rings. The molecule has 7 nitrogen and oxygen atoms in total. The van der Waals surface area contributed by atoms with Crippen LogP contribution in [0.2, 0.25) is 0 Å². The van der Waals surface area contributed by atoms with Crippen LogP contribution in [0.4, 0.5) is 4.79 Å². The second-order valence-electron chi connectivity index (χ2n) is 6.78. The lowest BCUT2D eigenvalue weighted by molar-refractivity contribution is -0.0771. The topological polar surface area (TPSA) is 82.7 Å². The summed E-state index contributed by atoms with van der Waals surface area (Å²) in [6.07, 6.45) is 2.81. The van der Waals surface area contributed by atoms with Gasteiger partial charge in [0.25, 0.3) is 5.91 Å². The van der Waals surface area contributed by atoms with E-state index in [1.807, 2.05) is 6.07 Å². The number of thiophene rings is 1. The van der Waals surface area contributed by atoms with E-state index in [0.29, 0.717) is 26.2 Å². The number of amides is 3. The average Bonchev–Trinajstić information content (AvgIpc) is 3.23. The molecule has 9 heteroatoms. The van der Waals surface area contributed by atoms with Gasteiger partial charge in [0.05, 0.1) is 11.5 Å². The number of nitrogens with one attached hydrogen (secondary N) is 3. The quantitative estimate of drug-likeness (QED) is 0.706. The Labute approximate surface area is 163 Å². The van der Waals surface area contributed by atoms with Crippen LogP contribution in [0.1, 0.15) is 33.0 Å². The van der Waals surface area contributed by atoms with Crippen LogP contribution in [0.3, 0.4) is 0 Å². The molecule has 2 saturated heterocycles.